The van der Waals surface area contributed by atoms with E-state index in [4.69, 9.17) is 19.6 Å². The van der Waals surface area contributed by atoms with Gasteiger partial charge in [-0.25, -0.2) is 9.67 Å². The average molecular weight is 322 g/mol. The Labute approximate surface area is 139 Å². The van der Waals surface area contributed by atoms with Gasteiger partial charge < -0.3 is 9.47 Å². The van der Waals surface area contributed by atoms with Crippen LogP contribution in [0.4, 0.5) is 0 Å². The first-order valence-corrected chi connectivity index (χ1v) is 8.40. The van der Waals surface area contributed by atoms with Crippen LogP contribution in [0.5, 0.6) is 0 Å². The van der Waals surface area contributed by atoms with Gasteiger partial charge in [-0.1, -0.05) is 18.2 Å². The molecule has 2 aliphatic rings. The number of rotatable bonds is 3. The number of pyridine rings is 1. The van der Waals surface area contributed by atoms with Gasteiger partial charge in [0.25, 0.3) is 0 Å². The maximum atomic E-state index is 5.88. The van der Waals surface area contributed by atoms with E-state index in [1.807, 2.05) is 29.1 Å². The van der Waals surface area contributed by atoms with Gasteiger partial charge in [0.1, 0.15) is 6.10 Å². The van der Waals surface area contributed by atoms with Crippen LogP contribution in [-0.4, -0.2) is 39.6 Å². The fourth-order valence-corrected chi connectivity index (χ4v) is 3.14. The van der Waals surface area contributed by atoms with Crippen LogP contribution in [-0.2, 0) is 9.47 Å². The second-order valence-corrected chi connectivity index (χ2v) is 6.30. The van der Waals surface area contributed by atoms with E-state index >= 15 is 0 Å². The highest BCUT2D eigenvalue weighted by atomic mass is 16.6. The number of benzene rings is 1. The minimum Gasteiger partial charge on any atom is -0.376 e. The van der Waals surface area contributed by atoms with Crippen molar-refractivity contribution < 1.29 is 9.47 Å². The smallest absolute Gasteiger partial charge is 0.164 e. The van der Waals surface area contributed by atoms with E-state index < -0.39 is 0 Å². The van der Waals surface area contributed by atoms with Crippen molar-refractivity contribution in [1.29, 1.82) is 0 Å². The number of ether oxygens (including phenoxy) is 2. The minimum absolute atomic E-state index is 0.183. The molecule has 0 amide bonds. The molecule has 2 fully saturated rings. The topological polar surface area (TPSA) is 62.1 Å². The van der Waals surface area contributed by atoms with E-state index in [-0.39, 0.29) is 6.10 Å². The van der Waals surface area contributed by atoms with Gasteiger partial charge in [-0.2, -0.15) is 5.10 Å². The first-order chi connectivity index (χ1) is 11.9. The summed E-state index contributed by atoms with van der Waals surface area (Å²) in [4.78, 5) is 9.35. The van der Waals surface area contributed by atoms with Crippen molar-refractivity contribution in [3.8, 4) is 5.69 Å². The van der Waals surface area contributed by atoms with Crippen molar-refractivity contribution >= 4 is 10.9 Å². The van der Waals surface area contributed by atoms with Crippen LogP contribution in [0.1, 0.15) is 36.5 Å². The van der Waals surface area contributed by atoms with Gasteiger partial charge in [-0.15, -0.1) is 0 Å². The van der Waals surface area contributed by atoms with E-state index in [1.165, 1.54) is 12.8 Å². The number of nitrogens with zero attached hydrogens (tertiary/aromatic N) is 4. The van der Waals surface area contributed by atoms with Gasteiger partial charge in [0.15, 0.2) is 11.6 Å². The predicted molar refractivity (Wildman–Crippen MR) is 88.1 cm³/mol. The van der Waals surface area contributed by atoms with Crippen LogP contribution in [0.2, 0.25) is 0 Å². The highest BCUT2D eigenvalue weighted by Gasteiger charge is 2.32. The average Bonchev–Trinajstić information content (AvgIpc) is 3.41. The predicted octanol–water partition coefficient (Wildman–Crippen LogP) is 2.78. The quantitative estimate of drug-likeness (QED) is 0.742. The van der Waals surface area contributed by atoms with Crippen LogP contribution in [0.15, 0.2) is 36.5 Å². The molecule has 2 aromatic heterocycles. The van der Waals surface area contributed by atoms with Crippen LogP contribution >= 0.6 is 0 Å². The van der Waals surface area contributed by atoms with Crippen molar-refractivity contribution in [3.63, 3.8) is 0 Å². The van der Waals surface area contributed by atoms with Gasteiger partial charge >= 0.3 is 0 Å². The maximum absolute atomic E-state index is 5.88. The molecule has 1 aliphatic heterocycles. The molecule has 1 saturated carbocycles. The fourth-order valence-electron chi connectivity index (χ4n) is 3.14. The summed E-state index contributed by atoms with van der Waals surface area (Å²) < 4.78 is 13.4. The molecule has 5 rings (SSSR count). The zero-order valence-electron chi connectivity index (χ0n) is 13.3. The maximum Gasteiger partial charge on any atom is 0.164 e. The zero-order valence-corrected chi connectivity index (χ0v) is 13.3. The van der Waals surface area contributed by atoms with Gasteiger partial charge in [0.05, 0.1) is 31.0 Å². The summed E-state index contributed by atoms with van der Waals surface area (Å²) in [6.45, 7) is 1.74. The summed E-state index contributed by atoms with van der Waals surface area (Å²) in [5.41, 5.74) is 1.86. The first kappa shape index (κ1) is 14.1. The lowest BCUT2D eigenvalue weighted by molar-refractivity contribution is -0.0942. The van der Waals surface area contributed by atoms with E-state index in [1.54, 1.807) is 0 Å². The lowest BCUT2D eigenvalue weighted by atomic mass is 10.2. The Bertz CT molecular complexity index is 876. The Hall–Kier alpha value is -2.31. The number of hydrogen-bond acceptors (Lipinski definition) is 5. The van der Waals surface area contributed by atoms with Crippen molar-refractivity contribution in [2.24, 2.45) is 0 Å². The van der Waals surface area contributed by atoms with Crippen molar-refractivity contribution in [2.75, 3.05) is 19.8 Å². The Balaban J connectivity index is 1.68. The van der Waals surface area contributed by atoms with Gasteiger partial charge in [-0.3, -0.25) is 4.98 Å². The Morgan fingerprint density at radius 3 is 2.83 bits per heavy atom. The van der Waals surface area contributed by atoms with Gasteiger partial charge in [0.2, 0.25) is 0 Å². The molecule has 1 unspecified atom stereocenters. The monoisotopic (exact) mass is 322 g/mol. The van der Waals surface area contributed by atoms with Crippen LogP contribution in [0.3, 0.4) is 0 Å². The molecule has 0 radical (unpaired) electrons. The molecule has 0 spiro atoms. The van der Waals surface area contributed by atoms with Crippen molar-refractivity contribution in [1.82, 2.24) is 19.7 Å². The molecular weight excluding hydrogens is 304 g/mol. The van der Waals surface area contributed by atoms with Crippen molar-refractivity contribution in [2.45, 2.75) is 24.9 Å². The summed E-state index contributed by atoms with van der Waals surface area (Å²) in [6.07, 6.45) is 3.96. The van der Waals surface area contributed by atoms with Gasteiger partial charge in [0, 0.05) is 17.5 Å². The molecule has 1 aliphatic carbocycles. The zero-order chi connectivity index (χ0) is 15.9. The van der Waals surface area contributed by atoms with E-state index in [0.29, 0.717) is 25.7 Å². The molecule has 24 heavy (non-hydrogen) atoms. The molecule has 1 saturated heterocycles. The fraction of sp³-hybridized carbons (Fsp3) is 0.389. The molecule has 1 atom stereocenters. The third-order valence-electron chi connectivity index (χ3n) is 4.53. The molecular formula is C18H18N4O2. The molecule has 0 N–H and O–H groups in total. The number of para-hydroxylation sites is 1. The SMILES string of the molecule is c1cnc2c(-n3nc(C4CC4)nc3C3COCCO3)cccc2c1. The third kappa shape index (κ3) is 2.39. The highest BCUT2D eigenvalue weighted by Crippen LogP contribution is 2.39. The summed E-state index contributed by atoms with van der Waals surface area (Å²) in [5, 5.41) is 5.89. The highest BCUT2D eigenvalue weighted by molar-refractivity contribution is 5.86. The number of fused-ring (bicyclic) bond motifs is 1. The van der Waals surface area contributed by atoms with Crippen molar-refractivity contribution in [3.05, 3.63) is 48.2 Å². The molecule has 122 valence electrons. The second kappa shape index (κ2) is 5.65. The normalized spacial score (nSPS) is 21.2. The number of aromatic nitrogens is 4. The van der Waals surface area contributed by atoms with E-state index in [2.05, 4.69) is 17.1 Å². The Kier molecular flexibility index (Phi) is 3.31. The second-order valence-electron chi connectivity index (χ2n) is 6.30. The lowest BCUT2D eigenvalue weighted by Gasteiger charge is -2.22. The molecule has 3 heterocycles. The molecule has 6 heteroatoms. The molecule has 1 aromatic carbocycles. The lowest BCUT2D eigenvalue weighted by Crippen LogP contribution is -2.24. The van der Waals surface area contributed by atoms with E-state index in [0.717, 1.165) is 28.2 Å². The molecule has 0 bridgehead atoms. The first-order valence-electron chi connectivity index (χ1n) is 8.40. The molecule has 6 nitrogen and oxygen atoms in total. The van der Waals surface area contributed by atoms with Crippen LogP contribution in [0.25, 0.3) is 16.6 Å². The largest absolute Gasteiger partial charge is 0.376 e. The Morgan fingerprint density at radius 1 is 1.08 bits per heavy atom. The minimum atomic E-state index is -0.183. The number of hydrogen-bond donors (Lipinski definition) is 0. The van der Waals surface area contributed by atoms with Gasteiger partial charge in [-0.05, 0) is 25.0 Å². The molecule has 3 aromatic rings. The third-order valence-corrected chi connectivity index (χ3v) is 4.53. The summed E-state index contributed by atoms with van der Waals surface area (Å²) >= 11 is 0. The summed E-state index contributed by atoms with van der Waals surface area (Å²) in [6, 6.07) is 10.1. The Morgan fingerprint density at radius 2 is 2.00 bits per heavy atom. The summed E-state index contributed by atoms with van der Waals surface area (Å²) in [7, 11) is 0. The standard InChI is InChI=1S/C18H18N4O2/c1-3-12-4-2-8-19-16(12)14(5-1)22-18(15-11-23-9-10-24-15)20-17(21-22)13-6-7-13/h1-5,8,13,15H,6-7,9-11H2. The van der Waals surface area contributed by atoms with Crippen LogP contribution < -0.4 is 0 Å². The van der Waals surface area contributed by atoms with Crippen LogP contribution in [0, 0.1) is 0 Å². The summed E-state index contributed by atoms with van der Waals surface area (Å²) in [5.74, 6) is 2.21. The van der Waals surface area contributed by atoms with E-state index in [9.17, 15) is 0 Å².